The van der Waals surface area contributed by atoms with Gasteiger partial charge in [0.1, 0.15) is 6.29 Å². The molecule has 0 aromatic heterocycles. The lowest BCUT2D eigenvalue weighted by molar-refractivity contribution is -0.109. The van der Waals surface area contributed by atoms with Crippen LogP contribution in [0.2, 0.25) is 0 Å². The quantitative estimate of drug-likeness (QED) is 0.374. The molecule has 0 spiro atoms. The Bertz CT molecular complexity index is 299. The van der Waals surface area contributed by atoms with Crippen molar-refractivity contribution in [3.8, 4) is 0 Å². The van der Waals surface area contributed by atoms with Crippen molar-refractivity contribution in [2.24, 2.45) is 17.3 Å². The van der Waals surface area contributed by atoms with Crippen LogP contribution in [0, 0.1) is 17.3 Å². The van der Waals surface area contributed by atoms with E-state index < -0.39 is 0 Å². The zero-order valence-electron chi connectivity index (χ0n) is 11.5. The van der Waals surface area contributed by atoms with E-state index in [1.54, 1.807) is 0 Å². The van der Waals surface area contributed by atoms with Gasteiger partial charge in [-0.05, 0) is 17.8 Å². The number of unbranched alkanes of at least 4 members (excludes halogenated alkanes) is 3. The van der Waals surface area contributed by atoms with E-state index in [0.29, 0.717) is 5.92 Å². The van der Waals surface area contributed by atoms with Crippen molar-refractivity contribution in [2.45, 2.75) is 52.9 Å². The van der Waals surface area contributed by atoms with Crippen molar-refractivity contribution >= 4 is 6.29 Å². The van der Waals surface area contributed by atoms with Gasteiger partial charge < -0.3 is 4.79 Å². The van der Waals surface area contributed by atoms with Crippen LogP contribution in [0.5, 0.6) is 0 Å². The summed E-state index contributed by atoms with van der Waals surface area (Å²) in [7, 11) is 0. The van der Waals surface area contributed by atoms with Gasteiger partial charge in [0, 0.05) is 0 Å². The molecule has 0 saturated carbocycles. The highest BCUT2D eigenvalue weighted by Gasteiger charge is 2.34. The predicted octanol–water partition coefficient (Wildman–Crippen LogP) is 4.54. The summed E-state index contributed by atoms with van der Waals surface area (Å²) in [5.74, 6) is 0.402. The van der Waals surface area contributed by atoms with Gasteiger partial charge in [0.15, 0.2) is 0 Å². The molecule has 1 rings (SSSR count). The van der Waals surface area contributed by atoms with Crippen LogP contribution in [-0.4, -0.2) is 6.29 Å². The van der Waals surface area contributed by atoms with Gasteiger partial charge in [-0.25, -0.2) is 0 Å². The summed E-state index contributed by atoms with van der Waals surface area (Å²) >= 11 is 0. The van der Waals surface area contributed by atoms with E-state index in [2.05, 4.69) is 33.4 Å². The van der Waals surface area contributed by atoms with Crippen LogP contribution in [0.4, 0.5) is 0 Å². The molecule has 0 heterocycles. The van der Waals surface area contributed by atoms with Crippen LogP contribution in [0.25, 0.3) is 0 Å². The van der Waals surface area contributed by atoms with Gasteiger partial charge >= 0.3 is 0 Å². The molecule has 96 valence electrons. The SMILES string of the molecule is C=C1C(C=O)C=CC(C)(C)C1CCCCCC. The van der Waals surface area contributed by atoms with Crippen molar-refractivity contribution in [3.63, 3.8) is 0 Å². The molecular weight excluding hydrogens is 208 g/mol. The van der Waals surface area contributed by atoms with Gasteiger partial charge in [0.25, 0.3) is 0 Å². The Labute approximate surface area is 106 Å². The summed E-state index contributed by atoms with van der Waals surface area (Å²) in [6, 6.07) is 0. The zero-order chi connectivity index (χ0) is 12.9. The van der Waals surface area contributed by atoms with E-state index in [9.17, 15) is 4.79 Å². The summed E-state index contributed by atoms with van der Waals surface area (Å²) in [6.07, 6.45) is 11.5. The summed E-state index contributed by atoms with van der Waals surface area (Å²) in [4.78, 5) is 11.0. The molecule has 0 amide bonds. The molecule has 17 heavy (non-hydrogen) atoms. The molecule has 0 aliphatic heterocycles. The fourth-order valence-corrected chi connectivity index (χ4v) is 2.77. The van der Waals surface area contributed by atoms with E-state index in [4.69, 9.17) is 0 Å². The van der Waals surface area contributed by atoms with Crippen LogP contribution in [0.15, 0.2) is 24.3 Å². The van der Waals surface area contributed by atoms with E-state index >= 15 is 0 Å². The Morgan fingerprint density at radius 2 is 2.06 bits per heavy atom. The molecule has 1 aliphatic rings. The summed E-state index contributed by atoms with van der Waals surface area (Å²) in [5, 5.41) is 0. The molecule has 0 aromatic rings. The van der Waals surface area contributed by atoms with Gasteiger partial charge in [0.05, 0.1) is 5.92 Å². The molecule has 1 aliphatic carbocycles. The first-order chi connectivity index (χ1) is 8.03. The van der Waals surface area contributed by atoms with Crippen LogP contribution < -0.4 is 0 Å². The third kappa shape index (κ3) is 3.55. The number of allylic oxidation sites excluding steroid dienone is 3. The first-order valence-corrected chi connectivity index (χ1v) is 6.86. The van der Waals surface area contributed by atoms with Crippen LogP contribution in [0.1, 0.15) is 52.9 Å². The number of carbonyl (C=O) groups excluding carboxylic acids is 1. The highest BCUT2D eigenvalue weighted by atomic mass is 16.1. The minimum absolute atomic E-state index is 0.0563. The molecule has 0 fully saturated rings. The maximum atomic E-state index is 11.0. The third-order valence-electron chi connectivity index (χ3n) is 4.00. The van der Waals surface area contributed by atoms with Crippen molar-refractivity contribution in [1.82, 2.24) is 0 Å². The third-order valence-corrected chi connectivity index (χ3v) is 4.00. The van der Waals surface area contributed by atoms with E-state index in [0.717, 1.165) is 11.9 Å². The molecule has 0 radical (unpaired) electrons. The average Bonchev–Trinajstić information content (AvgIpc) is 2.28. The van der Waals surface area contributed by atoms with Gasteiger partial charge in [-0.2, -0.15) is 0 Å². The number of aldehydes is 1. The minimum Gasteiger partial charge on any atom is -0.302 e. The number of hydrogen-bond donors (Lipinski definition) is 0. The fraction of sp³-hybridized carbons (Fsp3) is 0.688. The summed E-state index contributed by atoms with van der Waals surface area (Å²) in [6.45, 7) is 10.9. The van der Waals surface area contributed by atoms with Crippen molar-refractivity contribution in [2.75, 3.05) is 0 Å². The first-order valence-electron chi connectivity index (χ1n) is 6.86. The number of hydrogen-bond acceptors (Lipinski definition) is 1. The standard InChI is InChI=1S/C16H26O/c1-5-6-7-8-9-15-13(2)14(12-17)10-11-16(15,3)4/h10-12,14-15H,2,5-9H2,1,3-4H3. The van der Waals surface area contributed by atoms with Gasteiger partial charge in [-0.15, -0.1) is 0 Å². The first kappa shape index (κ1) is 14.2. The van der Waals surface area contributed by atoms with Crippen molar-refractivity contribution < 1.29 is 4.79 Å². The lowest BCUT2D eigenvalue weighted by atomic mass is 9.66. The smallest absolute Gasteiger partial charge is 0.130 e. The van der Waals surface area contributed by atoms with Gasteiger partial charge in [-0.1, -0.05) is 70.8 Å². The Hall–Kier alpha value is -0.850. The zero-order valence-corrected chi connectivity index (χ0v) is 11.5. The minimum atomic E-state index is -0.0563. The largest absolute Gasteiger partial charge is 0.302 e. The second-order valence-electron chi connectivity index (χ2n) is 5.82. The molecule has 0 N–H and O–H groups in total. The summed E-state index contributed by atoms with van der Waals surface area (Å²) < 4.78 is 0. The molecule has 0 saturated heterocycles. The molecule has 2 unspecified atom stereocenters. The topological polar surface area (TPSA) is 17.1 Å². The van der Waals surface area contributed by atoms with E-state index in [1.807, 2.05) is 6.08 Å². The monoisotopic (exact) mass is 234 g/mol. The van der Waals surface area contributed by atoms with Gasteiger partial charge in [-0.3, -0.25) is 0 Å². The lowest BCUT2D eigenvalue weighted by Gasteiger charge is -2.38. The predicted molar refractivity (Wildman–Crippen MR) is 73.9 cm³/mol. The Kier molecular flexibility index (Phi) is 5.17. The van der Waals surface area contributed by atoms with Crippen molar-refractivity contribution in [1.29, 1.82) is 0 Å². The molecule has 1 heteroatoms. The normalized spacial score (nSPS) is 27.1. The highest BCUT2D eigenvalue weighted by Crippen LogP contribution is 2.43. The van der Waals surface area contributed by atoms with Crippen LogP contribution >= 0.6 is 0 Å². The maximum absolute atomic E-state index is 11.0. The second-order valence-corrected chi connectivity index (χ2v) is 5.82. The summed E-state index contributed by atoms with van der Waals surface area (Å²) in [5.41, 5.74) is 1.27. The molecule has 0 aromatic carbocycles. The average molecular weight is 234 g/mol. The Morgan fingerprint density at radius 1 is 1.35 bits per heavy atom. The van der Waals surface area contributed by atoms with Crippen LogP contribution in [0.3, 0.4) is 0 Å². The molecule has 0 bridgehead atoms. The van der Waals surface area contributed by atoms with Gasteiger partial charge in [0.2, 0.25) is 0 Å². The van der Waals surface area contributed by atoms with Crippen LogP contribution in [-0.2, 0) is 4.79 Å². The maximum Gasteiger partial charge on any atom is 0.130 e. The number of rotatable bonds is 6. The Morgan fingerprint density at radius 3 is 2.65 bits per heavy atom. The molecular formula is C16H26O. The molecule has 1 nitrogen and oxygen atoms in total. The van der Waals surface area contributed by atoms with E-state index in [-0.39, 0.29) is 11.3 Å². The highest BCUT2D eigenvalue weighted by molar-refractivity contribution is 5.63. The second kappa shape index (κ2) is 6.18. The Balaban J connectivity index is 2.63. The number of carbonyl (C=O) groups is 1. The molecule has 2 atom stereocenters. The van der Waals surface area contributed by atoms with E-state index in [1.165, 1.54) is 32.1 Å². The fourth-order valence-electron chi connectivity index (χ4n) is 2.77. The van der Waals surface area contributed by atoms with Crippen molar-refractivity contribution in [3.05, 3.63) is 24.3 Å². The lowest BCUT2D eigenvalue weighted by Crippen LogP contribution is -2.30.